The Balaban J connectivity index is 1.53. The zero-order valence-corrected chi connectivity index (χ0v) is 12.4. The van der Waals surface area contributed by atoms with Crippen LogP contribution in [0.2, 0.25) is 5.02 Å². The number of nitrogens with one attached hydrogen (secondary N) is 1. The Kier molecular flexibility index (Phi) is 3.27. The lowest BCUT2D eigenvalue weighted by Gasteiger charge is -2.28. The molecule has 0 radical (unpaired) electrons. The number of nitrogens with zero attached hydrogens (tertiary/aromatic N) is 5. The third-order valence-corrected chi connectivity index (χ3v) is 4.35. The van der Waals surface area contributed by atoms with Crippen LogP contribution in [0.15, 0.2) is 18.5 Å². The predicted octanol–water partition coefficient (Wildman–Crippen LogP) is 1.60. The molecule has 0 atom stereocenters. The summed E-state index contributed by atoms with van der Waals surface area (Å²) in [6.45, 7) is 3.28. The zero-order valence-electron chi connectivity index (χ0n) is 11.7. The largest absolute Gasteiger partial charge is 0.347 e. The molecule has 110 valence electrons. The molecule has 2 aliphatic rings. The molecule has 1 aliphatic heterocycles. The first-order chi connectivity index (χ1) is 10.3. The van der Waals surface area contributed by atoms with Gasteiger partial charge in [-0.3, -0.25) is 0 Å². The molecule has 1 fully saturated rings. The van der Waals surface area contributed by atoms with Gasteiger partial charge in [0.1, 0.15) is 12.1 Å². The maximum atomic E-state index is 6.26. The fourth-order valence-corrected chi connectivity index (χ4v) is 2.74. The van der Waals surface area contributed by atoms with Crippen LogP contribution in [-0.4, -0.2) is 32.3 Å². The van der Waals surface area contributed by atoms with Crippen molar-refractivity contribution in [1.82, 2.24) is 25.1 Å². The minimum absolute atomic E-state index is 0.653. The van der Waals surface area contributed by atoms with Gasteiger partial charge in [0.25, 0.3) is 0 Å². The molecule has 0 spiro atoms. The minimum Gasteiger partial charge on any atom is -0.347 e. The van der Waals surface area contributed by atoms with Crippen molar-refractivity contribution in [3.05, 3.63) is 35.0 Å². The van der Waals surface area contributed by atoms with E-state index in [0.29, 0.717) is 6.04 Å². The highest BCUT2D eigenvalue weighted by atomic mass is 35.5. The van der Waals surface area contributed by atoms with Gasteiger partial charge in [-0.25, -0.2) is 4.98 Å². The molecule has 1 N–H and O–H groups in total. The van der Waals surface area contributed by atoms with Gasteiger partial charge in [-0.2, -0.15) is 0 Å². The highest BCUT2D eigenvalue weighted by Gasteiger charge is 2.22. The van der Waals surface area contributed by atoms with Crippen molar-refractivity contribution >= 4 is 17.4 Å². The van der Waals surface area contributed by atoms with E-state index in [2.05, 4.69) is 25.0 Å². The van der Waals surface area contributed by atoms with E-state index in [4.69, 9.17) is 16.6 Å². The average Bonchev–Trinajstić information content (AvgIpc) is 3.21. The van der Waals surface area contributed by atoms with E-state index >= 15 is 0 Å². The summed E-state index contributed by atoms with van der Waals surface area (Å²) in [7, 11) is 0. The Morgan fingerprint density at radius 3 is 3.05 bits per heavy atom. The first-order valence-electron chi connectivity index (χ1n) is 7.30. The van der Waals surface area contributed by atoms with Crippen molar-refractivity contribution < 1.29 is 0 Å². The number of hydrogen-bond acceptors (Lipinski definition) is 5. The molecule has 0 amide bonds. The maximum Gasteiger partial charge on any atom is 0.152 e. The fourth-order valence-electron chi connectivity index (χ4n) is 2.56. The molecule has 6 nitrogen and oxygen atoms in total. The van der Waals surface area contributed by atoms with Crippen molar-refractivity contribution in [2.45, 2.75) is 38.5 Å². The second kappa shape index (κ2) is 5.27. The number of anilines is 1. The van der Waals surface area contributed by atoms with Crippen LogP contribution in [0, 0.1) is 0 Å². The van der Waals surface area contributed by atoms with Gasteiger partial charge < -0.3 is 14.8 Å². The molecule has 0 bridgehead atoms. The fraction of sp³-hybridized carbons (Fsp3) is 0.500. The monoisotopic (exact) mass is 304 g/mol. The van der Waals surface area contributed by atoms with Crippen LogP contribution in [-0.2, 0) is 19.6 Å². The van der Waals surface area contributed by atoms with E-state index in [1.807, 2.05) is 12.1 Å². The summed E-state index contributed by atoms with van der Waals surface area (Å²) in [5, 5.41) is 12.3. The van der Waals surface area contributed by atoms with E-state index in [0.717, 1.165) is 48.5 Å². The number of aromatic nitrogens is 4. The van der Waals surface area contributed by atoms with E-state index in [1.54, 1.807) is 6.33 Å². The van der Waals surface area contributed by atoms with Crippen molar-refractivity contribution in [1.29, 1.82) is 0 Å². The molecule has 2 aromatic rings. The molecular weight excluding hydrogens is 288 g/mol. The van der Waals surface area contributed by atoms with Gasteiger partial charge in [-0.15, -0.1) is 10.2 Å². The second-order valence-electron chi connectivity index (χ2n) is 5.62. The summed E-state index contributed by atoms with van der Waals surface area (Å²) in [4.78, 5) is 6.95. The molecule has 0 saturated heterocycles. The Morgan fingerprint density at radius 2 is 2.19 bits per heavy atom. The molecule has 4 rings (SSSR count). The van der Waals surface area contributed by atoms with Crippen LogP contribution in [0.5, 0.6) is 0 Å². The first kappa shape index (κ1) is 13.0. The number of hydrogen-bond donors (Lipinski definition) is 1. The van der Waals surface area contributed by atoms with Crippen LogP contribution < -0.4 is 10.2 Å². The summed E-state index contributed by atoms with van der Waals surface area (Å²) in [5.41, 5.74) is 0.924. The summed E-state index contributed by atoms with van der Waals surface area (Å²) in [5.74, 6) is 1.94. The van der Waals surface area contributed by atoms with E-state index in [1.165, 1.54) is 12.8 Å². The smallest absolute Gasteiger partial charge is 0.152 e. The number of fused-ring (bicyclic) bond motifs is 1. The molecule has 7 heteroatoms. The van der Waals surface area contributed by atoms with Crippen molar-refractivity contribution in [2.24, 2.45) is 0 Å². The van der Waals surface area contributed by atoms with Crippen LogP contribution in [0.25, 0.3) is 0 Å². The highest BCUT2D eigenvalue weighted by molar-refractivity contribution is 6.31. The lowest BCUT2D eigenvalue weighted by molar-refractivity contribution is 0.555. The number of pyridine rings is 1. The summed E-state index contributed by atoms with van der Waals surface area (Å²) >= 11 is 6.26. The minimum atomic E-state index is 0.653. The molecule has 21 heavy (non-hydrogen) atoms. The Labute approximate surface area is 128 Å². The number of rotatable bonds is 4. The Bertz CT molecular complexity index is 651. The standard InChI is InChI=1S/C14H17ClN6/c15-11-3-4-13(18-12(11)7-16-10-1-2-10)20-5-6-21-9-17-19-14(21)8-20/h3-4,9-10,16H,1-2,5-8H2. The molecule has 1 saturated carbocycles. The third kappa shape index (κ3) is 2.73. The lowest BCUT2D eigenvalue weighted by Crippen LogP contribution is -2.34. The van der Waals surface area contributed by atoms with E-state index in [-0.39, 0.29) is 0 Å². The Hall–Kier alpha value is -1.66. The summed E-state index contributed by atoms with van der Waals surface area (Å²) in [6.07, 6.45) is 4.31. The molecule has 0 unspecified atom stereocenters. The third-order valence-electron chi connectivity index (χ3n) is 4.00. The van der Waals surface area contributed by atoms with E-state index in [9.17, 15) is 0 Å². The maximum absolute atomic E-state index is 6.26. The topological polar surface area (TPSA) is 58.9 Å². The first-order valence-corrected chi connectivity index (χ1v) is 7.68. The van der Waals surface area contributed by atoms with E-state index < -0.39 is 0 Å². The van der Waals surface area contributed by atoms with Gasteiger partial charge in [0.15, 0.2) is 5.82 Å². The quantitative estimate of drug-likeness (QED) is 0.930. The van der Waals surface area contributed by atoms with Gasteiger partial charge in [0, 0.05) is 25.7 Å². The highest BCUT2D eigenvalue weighted by Crippen LogP contribution is 2.24. The number of halogens is 1. The average molecular weight is 305 g/mol. The molecule has 1 aliphatic carbocycles. The van der Waals surface area contributed by atoms with Crippen molar-refractivity contribution in [3.63, 3.8) is 0 Å². The predicted molar refractivity (Wildman–Crippen MR) is 80.2 cm³/mol. The van der Waals surface area contributed by atoms with Gasteiger partial charge >= 0.3 is 0 Å². The van der Waals surface area contributed by atoms with Gasteiger partial charge in [-0.1, -0.05) is 11.6 Å². The summed E-state index contributed by atoms with van der Waals surface area (Å²) < 4.78 is 2.09. The zero-order chi connectivity index (χ0) is 14.2. The van der Waals surface area contributed by atoms with Crippen molar-refractivity contribution in [3.8, 4) is 0 Å². The normalized spacial score (nSPS) is 17.9. The molecular formula is C14H17ClN6. The Morgan fingerprint density at radius 1 is 1.29 bits per heavy atom. The van der Waals surface area contributed by atoms with Gasteiger partial charge in [0.2, 0.25) is 0 Å². The molecule has 3 heterocycles. The van der Waals surface area contributed by atoms with Crippen LogP contribution in [0.4, 0.5) is 5.82 Å². The molecule has 2 aromatic heterocycles. The van der Waals surface area contributed by atoms with Crippen LogP contribution in [0.3, 0.4) is 0 Å². The molecule has 0 aromatic carbocycles. The van der Waals surface area contributed by atoms with Gasteiger partial charge in [-0.05, 0) is 25.0 Å². The second-order valence-corrected chi connectivity index (χ2v) is 6.02. The lowest BCUT2D eigenvalue weighted by atomic mass is 10.3. The summed E-state index contributed by atoms with van der Waals surface area (Å²) in [6, 6.07) is 4.57. The van der Waals surface area contributed by atoms with Gasteiger partial charge in [0.05, 0.1) is 17.3 Å². The van der Waals surface area contributed by atoms with Crippen LogP contribution in [0.1, 0.15) is 24.4 Å². The SMILES string of the molecule is Clc1ccc(N2CCn3cnnc3C2)nc1CNC1CC1. The van der Waals surface area contributed by atoms with Crippen LogP contribution >= 0.6 is 11.6 Å². The van der Waals surface area contributed by atoms with Crippen molar-refractivity contribution in [2.75, 3.05) is 11.4 Å².